The molecule has 1 N–H and O–H groups in total. The minimum Gasteiger partial charge on any atom is -0.353 e. The lowest BCUT2D eigenvalue weighted by Crippen LogP contribution is -2.47. The average Bonchev–Trinajstić information content (AvgIpc) is 2.30. The van der Waals surface area contributed by atoms with Crippen LogP contribution in [0.3, 0.4) is 0 Å². The molecule has 0 aromatic carbocycles. The second kappa shape index (κ2) is 7.31. The molecule has 1 rings (SSSR count). The summed E-state index contributed by atoms with van der Waals surface area (Å²) in [5.74, 6) is 0.464. The molecule has 1 aliphatic heterocycles. The zero-order valence-corrected chi connectivity index (χ0v) is 12.3. The second-order valence-corrected chi connectivity index (χ2v) is 6.96. The molecule has 1 fully saturated rings. The summed E-state index contributed by atoms with van der Waals surface area (Å²) in [6.45, 7) is 2.85. The summed E-state index contributed by atoms with van der Waals surface area (Å²) >= 11 is 5.48. The molecule has 0 unspecified atom stereocenters. The monoisotopic (exact) mass is 296 g/mol. The molecular formula is C11H21ClN2O3S. The Hall–Kier alpha value is -0.330. The van der Waals surface area contributed by atoms with Crippen molar-refractivity contribution in [3.63, 3.8) is 0 Å². The smallest absolute Gasteiger partial charge is 0.221 e. The van der Waals surface area contributed by atoms with Crippen molar-refractivity contribution in [2.24, 2.45) is 0 Å². The highest BCUT2D eigenvalue weighted by Gasteiger charge is 2.27. The van der Waals surface area contributed by atoms with Gasteiger partial charge < -0.3 is 5.32 Å². The van der Waals surface area contributed by atoms with Crippen LogP contribution in [-0.4, -0.2) is 49.4 Å². The highest BCUT2D eigenvalue weighted by molar-refractivity contribution is 7.89. The van der Waals surface area contributed by atoms with Gasteiger partial charge in [0, 0.05) is 31.4 Å². The fourth-order valence-electron chi connectivity index (χ4n) is 2.05. The number of amides is 1. The number of piperidine rings is 1. The molecule has 0 aliphatic carbocycles. The predicted molar refractivity (Wildman–Crippen MR) is 72.2 cm³/mol. The molecule has 0 radical (unpaired) electrons. The molecule has 106 valence electrons. The number of alkyl halides is 1. The fourth-order valence-corrected chi connectivity index (χ4v) is 3.76. The van der Waals surface area contributed by atoms with Crippen LogP contribution in [0.5, 0.6) is 0 Å². The quantitative estimate of drug-likeness (QED) is 0.742. The van der Waals surface area contributed by atoms with Crippen LogP contribution in [0.4, 0.5) is 0 Å². The molecule has 1 saturated heterocycles. The third-order valence-electron chi connectivity index (χ3n) is 3.00. The van der Waals surface area contributed by atoms with Crippen LogP contribution in [0.25, 0.3) is 0 Å². The Morgan fingerprint density at radius 1 is 1.39 bits per heavy atom. The molecule has 18 heavy (non-hydrogen) atoms. The minimum absolute atomic E-state index is 0.0557. The predicted octanol–water partition coefficient (Wildman–Crippen LogP) is 0.936. The number of nitrogens with zero attached hydrogens (tertiary/aromatic N) is 1. The van der Waals surface area contributed by atoms with Crippen LogP contribution in [0, 0.1) is 0 Å². The van der Waals surface area contributed by atoms with E-state index >= 15 is 0 Å². The highest BCUT2D eigenvalue weighted by atomic mass is 35.5. The Labute approximate surface area is 114 Å². The Kier molecular flexibility index (Phi) is 6.38. The van der Waals surface area contributed by atoms with Crippen LogP contribution >= 0.6 is 11.6 Å². The van der Waals surface area contributed by atoms with E-state index in [0.717, 1.165) is 0 Å². The lowest BCUT2D eigenvalue weighted by Gasteiger charge is -2.31. The third kappa shape index (κ3) is 4.74. The van der Waals surface area contributed by atoms with Gasteiger partial charge in [-0.2, -0.15) is 0 Å². The topological polar surface area (TPSA) is 66.5 Å². The van der Waals surface area contributed by atoms with Crippen molar-refractivity contribution < 1.29 is 13.2 Å². The SMILES string of the molecule is CCCS(=O)(=O)N1CCC(NC(=O)CCCl)CC1. The van der Waals surface area contributed by atoms with E-state index in [1.807, 2.05) is 6.92 Å². The van der Waals surface area contributed by atoms with E-state index in [-0.39, 0.29) is 17.7 Å². The minimum atomic E-state index is -3.10. The van der Waals surface area contributed by atoms with E-state index in [2.05, 4.69) is 5.32 Å². The Bertz CT molecular complexity index is 364. The molecule has 5 nitrogen and oxygen atoms in total. The van der Waals surface area contributed by atoms with Gasteiger partial charge in [-0.3, -0.25) is 4.79 Å². The molecule has 1 heterocycles. The van der Waals surface area contributed by atoms with Gasteiger partial charge in [0.2, 0.25) is 15.9 Å². The first kappa shape index (κ1) is 15.7. The maximum Gasteiger partial charge on any atom is 0.221 e. The first-order chi connectivity index (χ1) is 8.49. The van der Waals surface area contributed by atoms with Crippen molar-refractivity contribution in [3.05, 3.63) is 0 Å². The Morgan fingerprint density at radius 2 is 2.00 bits per heavy atom. The van der Waals surface area contributed by atoms with Crippen molar-refractivity contribution in [3.8, 4) is 0 Å². The number of carbonyl (C=O) groups is 1. The van der Waals surface area contributed by atoms with Gasteiger partial charge in [0.05, 0.1) is 5.75 Å². The summed E-state index contributed by atoms with van der Waals surface area (Å²) in [6, 6.07) is 0.0776. The molecule has 0 bridgehead atoms. The molecule has 0 aromatic heterocycles. The van der Waals surface area contributed by atoms with Gasteiger partial charge in [-0.25, -0.2) is 12.7 Å². The lowest BCUT2D eigenvalue weighted by atomic mass is 10.1. The summed E-state index contributed by atoms with van der Waals surface area (Å²) in [4.78, 5) is 11.4. The standard InChI is InChI=1S/C11H21ClN2O3S/c1-2-9-18(16,17)14-7-4-10(5-8-14)13-11(15)3-6-12/h10H,2-9H2,1H3,(H,13,15). The second-order valence-electron chi connectivity index (χ2n) is 4.50. The van der Waals surface area contributed by atoms with Gasteiger partial charge in [0.25, 0.3) is 0 Å². The van der Waals surface area contributed by atoms with Crippen LogP contribution in [0.15, 0.2) is 0 Å². The molecule has 0 atom stereocenters. The molecule has 7 heteroatoms. The number of halogens is 1. The summed E-state index contributed by atoms with van der Waals surface area (Å²) in [7, 11) is -3.10. The zero-order valence-electron chi connectivity index (χ0n) is 10.7. The van der Waals surface area contributed by atoms with E-state index in [1.165, 1.54) is 4.31 Å². The van der Waals surface area contributed by atoms with Crippen LogP contribution in [-0.2, 0) is 14.8 Å². The van der Waals surface area contributed by atoms with Gasteiger partial charge in [0.1, 0.15) is 0 Å². The van der Waals surface area contributed by atoms with Gasteiger partial charge in [-0.1, -0.05) is 6.92 Å². The van der Waals surface area contributed by atoms with E-state index in [4.69, 9.17) is 11.6 Å². The van der Waals surface area contributed by atoms with E-state index in [0.29, 0.717) is 44.7 Å². The maximum absolute atomic E-state index is 11.8. The lowest BCUT2D eigenvalue weighted by molar-refractivity contribution is -0.121. The van der Waals surface area contributed by atoms with Gasteiger partial charge >= 0.3 is 0 Å². The number of carbonyl (C=O) groups excluding carboxylic acids is 1. The number of sulfonamides is 1. The first-order valence-electron chi connectivity index (χ1n) is 6.32. The Balaban J connectivity index is 2.39. The molecule has 0 aromatic rings. The number of rotatable bonds is 6. The summed E-state index contributed by atoms with van der Waals surface area (Å²) in [5.41, 5.74) is 0. The molecule has 0 spiro atoms. The number of nitrogens with one attached hydrogen (secondary N) is 1. The molecule has 1 amide bonds. The highest BCUT2D eigenvalue weighted by Crippen LogP contribution is 2.15. The van der Waals surface area contributed by atoms with Crippen molar-refractivity contribution in [1.82, 2.24) is 9.62 Å². The average molecular weight is 297 g/mol. The summed E-state index contributed by atoms with van der Waals surface area (Å²) in [5, 5.41) is 2.88. The third-order valence-corrected chi connectivity index (χ3v) is 5.26. The van der Waals surface area contributed by atoms with E-state index in [1.54, 1.807) is 0 Å². The van der Waals surface area contributed by atoms with Gasteiger partial charge in [0.15, 0.2) is 0 Å². The van der Waals surface area contributed by atoms with Gasteiger partial charge in [-0.15, -0.1) is 11.6 Å². The van der Waals surface area contributed by atoms with Crippen molar-refractivity contribution >= 4 is 27.5 Å². The van der Waals surface area contributed by atoms with Crippen LogP contribution in [0.2, 0.25) is 0 Å². The normalized spacial score (nSPS) is 18.8. The Morgan fingerprint density at radius 3 is 2.50 bits per heavy atom. The van der Waals surface area contributed by atoms with Crippen LogP contribution in [0.1, 0.15) is 32.6 Å². The summed E-state index contributed by atoms with van der Waals surface area (Å²) < 4.78 is 25.2. The zero-order chi connectivity index (χ0) is 13.6. The molecule has 1 aliphatic rings. The molecule has 0 saturated carbocycles. The first-order valence-corrected chi connectivity index (χ1v) is 8.47. The fraction of sp³-hybridized carbons (Fsp3) is 0.909. The molecular weight excluding hydrogens is 276 g/mol. The van der Waals surface area contributed by atoms with Gasteiger partial charge in [-0.05, 0) is 19.3 Å². The largest absolute Gasteiger partial charge is 0.353 e. The maximum atomic E-state index is 11.8. The van der Waals surface area contributed by atoms with Crippen molar-refractivity contribution in [1.29, 1.82) is 0 Å². The number of hydrogen-bond donors (Lipinski definition) is 1. The number of hydrogen-bond acceptors (Lipinski definition) is 3. The van der Waals surface area contributed by atoms with Crippen molar-refractivity contribution in [2.75, 3.05) is 24.7 Å². The van der Waals surface area contributed by atoms with Crippen LogP contribution < -0.4 is 5.32 Å². The summed E-state index contributed by atoms with van der Waals surface area (Å²) in [6.07, 6.45) is 2.30. The van der Waals surface area contributed by atoms with E-state index in [9.17, 15) is 13.2 Å². The van der Waals surface area contributed by atoms with E-state index < -0.39 is 10.0 Å². The van der Waals surface area contributed by atoms with Crippen molar-refractivity contribution in [2.45, 2.75) is 38.6 Å².